The Morgan fingerprint density at radius 2 is 2.37 bits per heavy atom. The topological polar surface area (TPSA) is 28.2 Å². The second-order valence-electron chi connectivity index (χ2n) is 5.82. The molecule has 1 fully saturated rings. The lowest BCUT2D eigenvalue weighted by Gasteiger charge is -2.32. The fourth-order valence-electron chi connectivity index (χ4n) is 2.66. The third-order valence-electron chi connectivity index (χ3n) is 3.89. The van der Waals surface area contributed by atoms with E-state index in [9.17, 15) is 0 Å². The fraction of sp³-hybridized carbons (Fsp3) is 0.800. The van der Waals surface area contributed by atoms with Crippen molar-refractivity contribution in [3.05, 3.63) is 16.1 Å². The second kappa shape index (κ2) is 7.36. The molecule has 1 aliphatic rings. The van der Waals surface area contributed by atoms with E-state index in [1.807, 2.05) is 0 Å². The third kappa shape index (κ3) is 4.55. The van der Waals surface area contributed by atoms with Crippen LogP contribution in [0.4, 0.5) is 0 Å². The summed E-state index contributed by atoms with van der Waals surface area (Å²) in [7, 11) is 0. The molecular formula is C15H27N3S. The summed E-state index contributed by atoms with van der Waals surface area (Å²) in [6.45, 7) is 11.3. The number of aromatic nitrogens is 1. The van der Waals surface area contributed by atoms with Crippen LogP contribution in [0, 0.1) is 5.92 Å². The van der Waals surface area contributed by atoms with E-state index in [0.29, 0.717) is 6.04 Å². The summed E-state index contributed by atoms with van der Waals surface area (Å²) in [4.78, 5) is 7.28. The highest BCUT2D eigenvalue weighted by atomic mass is 32.1. The molecule has 0 radical (unpaired) electrons. The summed E-state index contributed by atoms with van der Waals surface area (Å²) in [6, 6.07) is 0.591. The molecule has 3 nitrogen and oxygen atoms in total. The molecule has 0 bridgehead atoms. The van der Waals surface area contributed by atoms with Crippen LogP contribution in [-0.2, 0) is 13.0 Å². The van der Waals surface area contributed by atoms with Gasteiger partial charge in [0, 0.05) is 24.5 Å². The van der Waals surface area contributed by atoms with Crippen molar-refractivity contribution in [3.8, 4) is 0 Å². The van der Waals surface area contributed by atoms with Crippen molar-refractivity contribution >= 4 is 11.3 Å². The maximum absolute atomic E-state index is 4.71. The molecule has 0 amide bonds. The van der Waals surface area contributed by atoms with E-state index in [1.165, 1.54) is 43.2 Å². The molecule has 0 spiro atoms. The summed E-state index contributed by atoms with van der Waals surface area (Å²) in [5, 5.41) is 7.01. The molecule has 2 rings (SSSR count). The molecule has 1 saturated heterocycles. The molecule has 108 valence electrons. The Morgan fingerprint density at radius 3 is 2.95 bits per heavy atom. The lowest BCUT2D eigenvalue weighted by atomic mass is 9.98. The highest BCUT2D eigenvalue weighted by Crippen LogP contribution is 2.17. The molecule has 0 aromatic carbocycles. The zero-order valence-electron chi connectivity index (χ0n) is 12.5. The van der Waals surface area contributed by atoms with Gasteiger partial charge in [-0.3, -0.25) is 4.90 Å². The molecule has 19 heavy (non-hydrogen) atoms. The predicted molar refractivity (Wildman–Crippen MR) is 82.6 cm³/mol. The van der Waals surface area contributed by atoms with E-state index in [1.54, 1.807) is 11.3 Å². The summed E-state index contributed by atoms with van der Waals surface area (Å²) in [5.41, 5.74) is 1.25. The monoisotopic (exact) mass is 281 g/mol. The van der Waals surface area contributed by atoms with Gasteiger partial charge in [0.25, 0.3) is 0 Å². The van der Waals surface area contributed by atoms with Crippen LogP contribution in [0.2, 0.25) is 0 Å². The molecule has 1 aliphatic heterocycles. The van der Waals surface area contributed by atoms with Gasteiger partial charge in [0.1, 0.15) is 0 Å². The van der Waals surface area contributed by atoms with Gasteiger partial charge in [0.05, 0.1) is 10.7 Å². The zero-order chi connectivity index (χ0) is 13.7. The number of nitrogens with zero attached hydrogens (tertiary/aromatic N) is 2. The molecule has 2 heterocycles. The van der Waals surface area contributed by atoms with Crippen molar-refractivity contribution in [2.45, 2.75) is 52.6 Å². The normalized spacial score (nSPS) is 20.4. The number of nitrogens with one attached hydrogen (secondary N) is 1. The largest absolute Gasteiger partial charge is 0.316 e. The van der Waals surface area contributed by atoms with Gasteiger partial charge >= 0.3 is 0 Å². The minimum Gasteiger partial charge on any atom is -0.316 e. The first-order valence-electron chi connectivity index (χ1n) is 7.57. The molecule has 1 atom stereocenters. The van der Waals surface area contributed by atoms with Gasteiger partial charge in [-0.25, -0.2) is 4.98 Å². The summed E-state index contributed by atoms with van der Waals surface area (Å²) in [6.07, 6.45) is 3.75. The quantitative estimate of drug-likeness (QED) is 0.869. The predicted octanol–water partition coefficient (Wildman–Crippen LogP) is 2.92. The molecule has 1 N–H and O–H groups in total. The Labute approximate surface area is 121 Å². The molecule has 4 heteroatoms. The van der Waals surface area contributed by atoms with Crippen LogP contribution in [-0.4, -0.2) is 35.6 Å². The average molecular weight is 281 g/mol. The highest BCUT2D eigenvalue weighted by molar-refractivity contribution is 7.09. The molecule has 1 unspecified atom stereocenters. The van der Waals surface area contributed by atoms with E-state index in [2.05, 4.69) is 36.4 Å². The van der Waals surface area contributed by atoms with Crippen LogP contribution in [0.3, 0.4) is 0 Å². The minimum absolute atomic E-state index is 0.591. The summed E-state index contributed by atoms with van der Waals surface area (Å²) >= 11 is 1.80. The maximum Gasteiger partial charge on any atom is 0.0926 e. The molecule has 1 aromatic heterocycles. The number of aryl methyl sites for hydroxylation is 1. The number of piperidine rings is 1. The van der Waals surface area contributed by atoms with Crippen LogP contribution in [0.15, 0.2) is 5.38 Å². The molecule has 1 aromatic rings. The van der Waals surface area contributed by atoms with Crippen LogP contribution in [0.25, 0.3) is 0 Å². The van der Waals surface area contributed by atoms with Crippen LogP contribution in [0.1, 0.15) is 44.3 Å². The summed E-state index contributed by atoms with van der Waals surface area (Å²) in [5.74, 6) is 0.806. The Kier molecular flexibility index (Phi) is 5.79. The Balaban J connectivity index is 1.91. The van der Waals surface area contributed by atoms with Crippen molar-refractivity contribution in [1.82, 2.24) is 15.2 Å². The SMILES string of the molecule is CCc1nc(CN(CC2CCCNC2)C(C)C)cs1. The van der Waals surface area contributed by atoms with Crippen LogP contribution >= 0.6 is 11.3 Å². The number of hydrogen-bond acceptors (Lipinski definition) is 4. The van der Waals surface area contributed by atoms with Crippen molar-refractivity contribution in [1.29, 1.82) is 0 Å². The van der Waals surface area contributed by atoms with Crippen LogP contribution in [0.5, 0.6) is 0 Å². The fourth-order valence-corrected chi connectivity index (χ4v) is 3.40. The highest BCUT2D eigenvalue weighted by Gasteiger charge is 2.19. The lowest BCUT2D eigenvalue weighted by molar-refractivity contribution is 0.162. The van der Waals surface area contributed by atoms with E-state index in [4.69, 9.17) is 4.98 Å². The van der Waals surface area contributed by atoms with Crippen LogP contribution < -0.4 is 5.32 Å². The first-order valence-corrected chi connectivity index (χ1v) is 8.45. The van der Waals surface area contributed by atoms with Crippen molar-refractivity contribution in [3.63, 3.8) is 0 Å². The first-order chi connectivity index (χ1) is 9.19. The Morgan fingerprint density at radius 1 is 1.53 bits per heavy atom. The van der Waals surface area contributed by atoms with Crippen molar-refractivity contribution < 1.29 is 0 Å². The average Bonchev–Trinajstić information content (AvgIpc) is 2.87. The van der Waals surface area contributed by atoms with Crippen molar-refractivity contribution in [2.24, 2.45) is 5.92 Å². The number of hydrogen-bond donors (Lipinski definition) is 1. The third-order valence-corrected chi connectivity index (χ3v) is 4.93. The number of rotatable bonds is 6. The van der Waals surface area contributed by atoms with Gasteiger partial charge in [0.15, 0.2) is 0 Å². The minimum atomic E-state index is 0.591. The lowest BCUT2D eigenvalue weighted by Crippen LogP contribution is -2.40. The standard InChI is InChI=1S/C15H27N3S/c1-4-15-17-14(11-19-15)10-18(12(2)3)9-13-6-5-7-16-8-13/h11-13,16H,4-10H2,1-3H3. The van der Waals surface area contributed by atoms with E-state index < -0.39 is 0 Å². The van der Waals surface area contributed by atoms with E-state index in [0.717, 1.165) is 18.9 Å². The van der Waals surface area contributed by atoms with Gasteiger partial charge in [-0.1, -0.05) is 6.92 Å². The van der Waals surface area contributed by atoms with Gasteiger partial charge in [0.2, 0.25) is 0 Å². The first kappa shape index (κ1) is 14.9. The van der Waals surface area contributed by atoms with Gasteiger partial charge in [-0.2, -0.15) is 0 Å². The second-order valence-corrected chi connectivity index (χ2v) is 6.76. The Bertz CT molecular complexity index is 369. The smallest absolute Gasteiger partial charge is 0.0926 e. The summed E-state index contributed by atoms with van der Waals surface area (Å²) < 4.78 is 0. The van der Waals surface area contributed by atoms with Gasteiger partial charge in [-0.15, -0.1) is 11.3 Å². The van der Waals surface area contributed by atoms with E-state index >= 15 is 0 Å². The number of thiazole rings is 1. The van der Waals surface area contributed by atoms with Crippen molar-refractivity contribution in [2.75, 3.05) is 19.6 Å². The molecule has 0 saturated carbocycles. The molecule has 0 aliphatic carbocycles. The molecular weight excluding hydrogens is 254 g/mol. The van der Waals surface area contributed by atoms with Gasteiger partial charge < -0.3 is 5.32 Å². The zero-order valence-corrected chi connectivity index (χ0v) is 13.3. The maximum atomic E-state index is 4.71. The van der Waals surface area contributed by atoms with E-state index in [-0.39, 0.29) is 0 Å². The Hall–Kier alpha value is -0.450. The van der Waals surface area contributed by atoms with Gasteiger partial charge in [-0.05, 0) is 52.1 Å².